The second-order valence-corrected chi connectivity index (χ2v) is 7.39. The van der Waals surface area contributed by atoms with Crippen molar-refractivity contribution in [2.75, 3.05) is 6.61 Å². The van der Waals surface area contributed by atoms with Gasteiger partial charge in [0.1, 0.15) is 11.4 Å². The van der Waals surface area contributed by atoms with Crippen molar-refractivity contribution < 1.29 is 9.47 Å². The molecule has 2 heterocycles. The zero-order valence-electron chi connectivity index (χ0n) is 13.0. The van der Waals surface area contributed by atoms with Crippen LogP contribution in [0.3, 0.4) is 0 Å². The maximum absolute atomic E-state index is 6.16. The van der Waals surface area contributed by atoms with Gasteiger partial charge in [-0.2, -0.15) is 0 Å². The molecule has 21 heavy (non-hydrogen) atoms. The van der Waals surface area contributed by atoms with E-state index >= 15 is 0 Å². The van der Waals surface area contributed by atoms with E-state index in [1.165, 1.54) is 24.0 Å². The Morgan fingerprint density at radius 1 is 1.24 bits per heavy atom. The topological polar surface area (TPSA) is 30.5 Å². The molecule has 3 heteroatoms. The first-order valence-electron chi connectivity index (χ1n) is 8.27. The Morgan fingerprint density at radius 2 is 2.10 bits per heavy atom. The molecule has 1 aromatic rings. The summed E-state index contributed by atoms with van der Waals surface area (Å²) in [6.45, 7) is 6.13. The Bertz CT molecular complexity index is 536. The Kier molecular flexibility index (Phi) is 3.23. The fraction of sp³-hybridized carbons (Fsp3) is 0.667. The van der Waals surface area contributed by atoms with E-state index in [0.29, 0.717) is 12.1 Å². The Labute approximate surface area is 127 Å². The minimum absolute atomic E-state index is 0.0640. The molecule has 2 atom stereocenters. The number of benzene rings is 1. The molecule has 0 amide bonds. The minimum Gasteiger partial charge on any atom is -0.487 e. The van der Waals surface area contributed by atoms with Crippen LogP contribution in [0.4, 0.5) is 0 Å². The second kappa shape index (κ2) is 4.99. The van der Waals surface area contributed by atoms with Gasteiger partial charge in [-0.3, -0.25) is 0 Å². The third-order valence-electron chi connectivity index (χ3n) is 4.95. The van der Waals surface area contributed by atoms with Crippen LogP contribution in [-0.2, 0) is 17.7 Å². The third kappa shape index (κ3) is 2.69. The lowest BCUT2D eigenvalue weighted by Gasteiger charge is -2.21. The second-order valence-electron chi connectivity index (χ2n) is 7.39. The number of fused-ring (bicyclic) bond motifs is 1. The molecule has 1 aliphatic carbocycles. The maximum atomic E-state index is 6.16. The summed E-state index contributed by atoms with van der Waals surface area (Å²) in [6.07, 6.45) is 5.29. The number of hydrogen-bond donors (Lipinski definition) is 1. The highest BCUT2D eigenvalue weighted by Crippen LogP contribution is 2.40. The van der Waals surface area contributed by atoms with Crippen molar-refractivity contribution in [2.24, 2.45) is 5.92 Å². The van der Waals surface area contributed by atoms with E-state index in [1.54, 1.807) is 0 Å². The van der Waals surface area contributed by atoms with Crippen molar-refractivity contribution in [1.82, 2.24) is 5.32 Å². The van der Waals surface area contributed by atoms with Gasteiger partial charge >= 0.3 is 0 Å². The van der Waals surface area contributed by atoms with Crippen molar-refractivity contribution >= 4 is 0 Å². The molecule has 0 spiro atoms. The van der Waals surface area contributed by atoms with Crippen LogP contribution in [0.15, 0.2) is 18.2 Å². The van der Waals surface area contributed by atoms with Crippen molar-refractivity contribution in [3.63, 3.8) is 0 Å². The molecule has 2 fully saturated rings. The van der Waals surface area contributed by atoms with Gasteiger partial charge in [0, 0.05) is 31.2 Å². The summed E-state index contributed by atoms with van der Waals surface area (Å²) in [7, 11) is 0. The summed E-state index contributed by atoms with van der Waals surface area (Å²) < 4.78 is 12.1. The fourth-order valence-electron chi connectivity index (χ4n) is 3.78. The molecule has 114 valence electrons. The normalized spacial score (nSPS) is 30.2. The minimum atomic E-state index is -0.0640. The summed E-state index contributed by atoms with van der Waals surface area (Å²) in [5.41, 5.74) is 2.58. The first-order valence-corrected chi connectivity index (χ1v) is 8.27. The lowest BCUT2D eigenvalue weighted by molar-refractivity contribution is 0.0807. The molecule has 2 aliphatic heterocycles. The maximum Gasteiger partial charge on any atom is 0.127 e. The molecule has 1 N–H and O–H groups in total. The standard InChI is InChI=1S/C18H25NO2/c1-18(2)10-13-4-3-5-14(16(13)21-18)11-19-15-8-9-20-17(15)12-6-7-12/h3-5,12,15,17,19H,6-11H2,1-2H3. The summed E-state index contributed by atoms with van der Waals surface area (Å²) >= 11 is 0. The van der Waals surface area contributed by atoms with Gasteiger partial charge in [0.25, 0.3) is 0 Å². The van der Waals surface area contributed by atoms with Crippen LogP contribution in [0, 0.1) is 5.92 Å². The summed E-state index contributed by atoms with van der Waals surface area (Å²) in [4.78, 5) is 0. The van der Waals surface area contributed by atoms with Crippen molar-refractivity contribution in [3.8, 4) is 5.75 Å². The monoisotopic (exact) mass is 287 g/mol. The average molecular weight is 287 g/mol. The fourth-order valence-corrected chi connectivity index (χ4v) is 3.78. The highest BCUT2D eigenvalue weighted by molar-refractivity contribution is 5.45. The van der Waals surface area contributed by atoms with Gasteiger partial charge in [-0.1, -0.05) is 18.2 Å². The highest BCUT2D eigenvalue weighted by Gasteiger charge is 2.40. The molecule has 1 saturated carbocycles. The van der Waals surface area contributed by atoms with E-state index in [0.717, 1.165) is 37.7 Å². The molecule has 3 nitrogen and oxygen atoms in total. The third-order valence-corrected chi connectivity index (χ3v) is 4.95. The number of hydrogen-bond acceptors (Lipinski definition) is 3. The molecule has 0 radical (unpaired) electrons. The van der Waals surface area contributed by atoms with E-state index < -0.39 is 0 Å². The smallest absolute Gasteiger partial charge is 0.127 e. The Morgan fingerprint density at radius 3 is 2.90 bits per heavy atom. The van der Waals surface area contributed by atoms with Crippen LogP contribution in [0.5, 0.6) is 5.75 Å². The lowest BCUT2D eigenvalue weighted by atomic mass is 10.00. The molecule has 2 unspecified atom stereocenters. The largest absolute Gasteiger partial charge is 0.487 e. The van der Waals surface area contributed by atoms with Gasteiger partial charge in [0.05, 0.1) is 6.10 Å². The predicted octanol–water partition coefficient (Wildman–Crippen LogP) is 3.06. The van der Waals surface area contributed by atoms with Gasteiger partial charge in [-0.15, -0.1) is 0 Å². The van der Waals surface area contributed by atoms with E-state index in [1.807, 2.05) is 0 Å². The SMILES string of the molecule is CC1(C)Cc2cccc(CNC3CCOC3C3CC3)c2O1. The van der Waals surface area contributed by atoms with Gasteiger partial charge in [0.2, 0.25) is 0 Å². The van der Waals surface area contributed by atoms with Crippen molar-refractivity contribution in [2.45, 2.75) is 63.8 Å². The number of ether oxygens (including phenoxy) is 2. The van der Waals surface area contributed by atoms with Crippen LogP contribution < -0.4 is 10.1 Å². The highest BCUT2D eigenvalue weighted by atomic mass is 16.5. The molecule has 1 saturated heterocycles. The van der Waals surface area contributed by atoms with E-state index in [2.05, 4.69) is 37.4 Å². The molecule has 3 aliphatic rings. The molecule has 0 aromatic heterocycles. The van der Waals surface area contributed by atoms with Crippen molar-refractivity contribution in [3.05, 3.63) is 29.3 Å². The van der Waals surface area contributed by atoms with Crippen LogP contribution in [-0.4, -0.2) is 24.4 Å². The van der Waals surface area contributed by atoms with Crippen LogP contribution in [0.2, 0.25) is 0 Å². The molecular formula is C18H25NO2. The van der Waals surface area contributed by atoms with Crippen molar-refractivity contribution in [1.29, 1.82) is 0 Å². The summed E-state index contributed by atoms with van der Waals surface area (Å²) in [6, 6.07) is 7.06. The first-order chi connectivity index (χ1) is 10.1. The average Bonchev–Trinajstić information content (AvgIpc) is 3.08. The molecule has 1 aromatic carbocycles. The number of nitrogens with one attached hydrogen (secondary N) is 1. The Hall–Kier alpha value is -1.06. The predicted molar refractivity (Wildman–Crippen MR) is 82.6 cm³/mol. The zero-order chi connectivity index (χ0) is 14.4. The van der Waals surface area contributed by atoms with Crippen LogP contribution >= 0.6 is 0 Å². The number of para-hydroxylation sites is 1. The van der Waals surface area contributed by atoms with E-state index in [9.17, 15) is 0 Å². The molecular weight excluding hydrogens is 262 g/mol. The molecule has 0 bridgehead atoms. The van der Waals surface area contributed by atoms with E-state index in [4.69, 9.17) is 9.47 Å². The van der Waals surface area contributed by atoms with E-state index in [-0.39, 0.29) is 5.60 Å². The summed E-state index contributed by atoms with van der Waals surface area (Å²) in [5, 5.41) is 3.72. The van der Waals surface area contributed by atoms with Crippen LogP contribution in [0.1, 0.15) is 44.2 Å². The summed E-state index contributed by atoms with van der Waals surface area (Å²) in [5.74, 6) is 1.92. The van der Waals surface area contributed by atoms with Gasteiger partial charge < -0.3 is 14.8 Å². The quantitative estimate of drug-likeness (QED) is 0.923. The van der Waals surface area contributed by atoms with Gasteiger partial charge in [0.15, 0.2) is 0 Å². The lowest BCUT2D eigenvalue weighted by Crippen LogP contribution is -2.37. The van der Waals surface area contributed by atoms with Gasteiger partial charge in [-0.25, -0.2) is 0 Å². The zero-order valence-corrected chi connectivity index (χ0v) is 13.0. The molecule has 4 rings (SSSR count). The Balaban J connectivity index is 1.45. The van der Waals surface area contributed by atoms with Crippen LogP contribution in [0.25, 0.3) is 0 Å². The first kappa shape index (κ1) is 13.6. The van der Waals surface area contributed by atoms with Gasteiger partial charge in [-0.05, 0) is 44.6 Å². The number of rotatable bonds is 4.